The quantitative estimate of drug-likeness (QED) is 0.152. The number of piperidine rings is 1. The fourth-order valence-corrected chi connectivity index (χ4v) is 8.33. The molecule has 14 heteroatoms. The third kappa shape index (κ3) is 7.47. The Hall–Kier alpha value is -5.34. The SMILES string of the molecule is C#Cc1c(F)ccc2cc(O)cc(-c3nc(OC)c4c(N5CC(CC)N(C(=O)CCC#N)C(CC)C5)nc(OCC5(CN6CCC(F)CC6)CC5)nc4c3F)c12. The highest BCUT2D eigenvalue weighted by molar-refractivity contribution is 6.04. The number of carbonyl (C=O) groups excluding carboxylic acids is 1. The maximum absolute atomic E-state index is 17.4. The van der Waals surface area contributed by atoms with E-state index in [0.29, 0.717) is 63.1 Å². The molecule has 0 spiro atoms. The largest absolute Gasteiger partial charge is 0.508 e. The molecule has 294 valence electrons. The summed E-state index contributed by atoms with van der Waals surface area (Å²) < 4.78 is 58.6. The lowest BCUT2D eigenvalue weighted by Crippen LogP contribution is -2.60. The number of nitriles is 1. The van der Waals surface area contributed by atoms with Crippen LogP contribution in [-0.2, 0) is 4.79 Å². The number of halogens is 3. The number of anilines is 1. The summed E-state index contributed by atoms with van der Waals surface area (Å²) in [7, 11) is 1.39. The molecule has 56 heavy (non-hydrogen) atoms. The summed E-state index contributed by atoms with van der Waals surface area (Å²) in [5, 5.41) is 20.7. The minimum absolute atomic E-state index is 0.0170. The second-order valence-corrected chi connectivity index (χ2v) is 15.2. The van der Waals surface area contributed by atoms with Crippen molar-refractivity contribution in [3.05, 3.63) is 41.5 Å². The normalized spacial score (nSPS) is 19.9. The molecule has 2 aromatic heterocycles. The number of benzene rings is 2. The molecule has 2 aromatic carbocycles. The monoisotopic (exact) mass is 769 g/mol. The summed E-state index contributed by atoms with van der Waals surface area (Å²) in [5.41, 5.74) is -0.676. The average molecular weight is 770 g/mol. The van der Waals surface area contributed by atoms with Crippen LogP contribution in [0.1, 0.15) is 70.8 Å². The maximum atomic E-state index is 17.4. The second-order valence-electron chi connectivity index (χ2n) is 15.2. The van der Waals surface area contributed by atoms with E-state index in [-0.39, 0.29) is 93.6 Å². The van der Waals surface area contributed by atoms with Gasteiger partial charge in [-0.15, -0.1) is 6.42 Å². The smallest absolute Gasteiger partial charge is 0.319 e. The molecule has 2 atom stereocenters. The number of piperazine rings is 1. The Morgan fingerprint density at radius 1 is 1.07 bits per heavy atom. The molecule has 11 nitrogen and oxygen atoms in total. The number of phenolic OH excluding ortho intramolecular Hbond substituents is 1. The van der Waals surface area contributed by atoms with Gasteiger partial charge in [0.1, 0.15) is 40.2 Å². The Bertz CT molecular complexity index is 2210. The predicted molar refractivity (Wildman–Crippen MR) is 206 cm³/mol. The van der Waals surface area contributed by atoms with Crippen molar-refractivity contribution in [2.75, 3.05) is 51.3 Å². The second kappa shape index (κ2) is 16.0. The summed E-state index contributed by atoms with van der Waals surface area (Å²) in [5.74, 6) is 0.787. The Labute approximate surface area is 324 Å². The number of likely N-dealkylation sites (tertiary alicyclic amines) is 1. The molecular weight excluding hydrogens is 724 g/mol. The first-order valence-electron chi connectivity index (χ1n) is 19.3. The number of hydrogen-bond acceptors (Lipinski definition) is 10. The van der Waals surface area contributed by atoms with Gasteiger partial charge in [0.2, 0.25) is 11.8 Å². The lowest BCUT2D eigenvalue weighted by molar-refractivity contribution is -0.137. The number of ether oxygens (including phenoxy) is 2. The van der Waals surface area contributed by atoms with E-state index in [1.54, 1.807) is 0 Å². The Kier molecular flexibility index (Phi) is 11.1. The number of amides is 1. The summed E-state index contributed by atoms with van der Waals surface area (Å²) in [6.07, 6.45) is 9.28. The Balaban J connectivity index is 1.36. The summed E-state index contributed by atoms with van der Waals surface area (Å²) in [6.45, 7) is 7.04. The van der Waals surface area contributed by atoms with E-state index in [4.69, 9.17) is 20.9 Å². The van der Waals surface area contributed by atoms with Crippen molar-refractivity contribution < 1.29 is 32.5 Å². The third-order valence-corrected chi connectivity index (χ3v) is 11.5. The van der Waals surface area contributed by atoms with Gasteiger partial charge in [-0.2, -0.15) is 15.2 Å². The van der Waals surface area contributed by atoms with E-state index in [1.165, 1.54) is 31.4 Å². The van der Waals surface area contributed by atoms with Crippen molar-refractivity contribution in [3.63, 3.8) is 0 Å². The first-order valence-corrected chi connectivity index (χ1v) is 19.3. The molecule has 0 radical (unpaired) electrons. The van der Waals surface area contributed by atoms with Gasteiger partial charge in [0.15, 0.2) is 5.82 Å². The molecule has 4 aromatic rings. The highest BCUT2D eigenvalue weighted by Gasteiger charge is 2.46. The van der Waals surface area contributed by atoms with Crippen molar-refractivity contribution in [2.24, 2.45) is 5.41 Å². The van der Waals surface area contributed by atoms with E-state index < -0.39 is 17.8 Å². The number of carbonyl (C=O) groups is 1. The summed E-state index contributed by atoms with van der Waals surface area (Å²) in [4.78, 5) is 33.7. The number of alkyl halides is 1. The lowest BCUT2D eigenvalue weighted by atomic mass is 9.95. The molecule has 1 N–H and O–H groups in total. The van der Waals surface area contributed by atoms with Crippen LogP contribution in [0.3, 0.4) is 0 Å². The maximum Gasteiger partial charge on any atom is 0.319 e. The van der Waals surface area contributed by atoms with Crippen molar-refractivity contribution in [1.82, 2.24) is 24.8 Å². The number of pyridine rings is 1. The zero-order valence-corrected chi connectivity index (χ0v) is 32.0. The van der Waals surface area contributed by atoms with Gasteiger partial charge in [-0.3, -0.25) is 4.79 Å². The molecule has 2 aliphatic heterocycles. The van der Waals surface area contributed by atoms with Crippen LogP contribution in [0.5, 0.6) is 17.6 Å². The fourth-order valence-electron chi connectivity index (χ4n) is 8.33. The van der Waals surface area contributed by atoms with E-state index in [1.807, 2.05) is 23.6 Å². The number of fused-ring (bicyclic) bond motifs is 2. The number of terminal acetylenes is 1. The molecule has 2 unspecified atom stereocenters. The minimum Gasteiger partial charge on any atom is -0.508 e. The molecule has 1 saturated carbocycles. The van der Waals surface area contributed by atoms with Gasteiger partial charge in [0.05, 0.1) is 25.3 Å². The van der Waals surface area contributed by atoms with Gasteiger partial charge in [-0.05, 0) is 62.1 Å². The minimum atomic E-state index is -0.881. The Morgan fingerprint density at radius 3 is 2.41 bits per heavy atom. The van der Waals surface area contributed by atoms with E-state index in [0.717, 1.165) is 19.4 Å². The molecule has 7 rings (SSSR count). The van der Waals surface area contributed by atoms with E-state index >= 15 is 8.78 Å². The molecular formula is C42H46F3N7O4. The van der Waals surface area contributed by atoms with Gasteiger partial charge in [-0.1, -0.05) is 25.8 Å². The number of phenols is 1. The van der Waals surface area contributed by atoms with Crippen LogP contribution in [0.25, 0.3) is 32.9 Å². The van der Waals surface area contributed by atoms with Crippen LogP contribution < -0.4 is 14.4 Å². The lowest BCUT2D eigenvalue weighted by Gasteiger charge is -2.47. The van der Waals surface area contributed by atoms with Crippen LogP contribution in [0.4, 0.5) is 19.0 Å². The van der Waals surface area contributed by atoms with Gasteiger partial charge in [0, 0.05) is 74.0 Å². The zero-order chi connectivity index (χ0) is 39.7. The summed E-state index contributed by atoms with van der Waals surface area (Å²) >= 11 is 0. The molecule has 4 heterocycles. The fraction of sp³-hybridized carbons (Fsp3) is 0.500. The van der Waals surface area contributed by atoms with Crippen molar-refractivity contribution >= 4 is 33.4 Å². The molecule has 1 aliphatic carbocycles. The molecule has 3 fully saturated rings. The third-order valence-electron chi connectivity index (χ3n) is 11.5. The molecule has 1 amide bonds. The van der Waals surface area contributed by atoms with Gasteiger partial charge < -0.3 is 29.3 Å². The molecule has 2 saturated heterocycles. The van der Waals surface area contributed by atoms with Gasteiger partial charge in [-0.25, -0.2) is 18.2 Å². The van der Waals surface area contributed by atoms with E-state index in [2.05, 4.69) is 26.9 Å². The standard InChI is InChI=1S/C42H46F3N7O4/c1-5-27-21-51(22-28(6-2)52(27)33(54)9-8-16-46)39-35-38(48-41(49-39)56-24-42(14-15-42)23-50-17-12-26(43)13-18-50)36(45)37(47-40(35)55-4)31-20-29(53)19-25-10-11-32(44)30(7-3)34(25)31/h3,10-11,19-20,26-28,53H,5-6,8-9,12-15,17-18,21-24H2,1-2,4H3. The number of aromatic hydroxyl groups is 1. The molecule has 3 aliphatic rings. The Morgan fingerprint density at radius 2 is 1.79 bits per heavy atom. The van der Waals surface area contributed by atoms with Crippen LogP contribution in [0.15, 0.2) is 24.3 Å². The highest BCUT2D eigenvalue weighted by Crippen LogP contribution is 2.48. The summed E-state index contributed by atoms with van der Waals surface area (Å²) in [6, 6.07) is 6.85. The van der Waals surface area contributed by atoms with Crippen molar-refractivity contribution in [3.8, 4) is 47.3 Å². The van der Waals surface area contributed by atoms with Crippen molar-refractivity contribution in [2.45, 2.75) is 83.5 Å². The number of rotatable bonds is 12. The first kappa shape index (κ1) is 38.9. The molecule has 0 bridgehead atoms. The zero-order valence-electron chi connectivity index (χ0n) is 32.0. The average Bonchev–Trinajstić information content (AvgIpc) is 3.98. The topological polar surface area (TPSA) is 128 Å². The number of aromatic nitrogens is 3. The van der Waals surface area contributed by atoms with Crippen LogP contribution in [0.2, 0.25) is 0 Å². The number of nitrogens with zero attached hydrogens (tertiary/aromatic N) is 7. The van der Waals surface area contributed by atoms with Gasteiger partial charge in [0.25, 0.3) is 0 Å². The van der Waals surface area contributed by atoms with Crippen LogP contribution >= 0.6 is 0 Å². The number of hydrogen-bond donors (Lipinski definition) is 1. The highest BCUT2D eigenvalue weighted by atomic mass is 19.1. The number of methoxy groups -OCH3 is 1. The van der Waals surface area contributed by atoms with Crippen LogP contribution in [-0.4, -0.2) is 100 Å². The van der Waals surface area contributed by atoms with Crippen LogP contribution in [0, 0.1) is 40.7 Å². The first-order chi connectivity index (χ1) is 27.0. The predicted octanol–water partition coefficient (Wildman–Crippen LogP) is 6.92. The van der Waals surface area contributed by atoms with Gasteiger partial charge >= 0.3 is 6.01 Å². The van der Waals surface area contributed by atoms with E-state index in [9.17, 15) is 19.6 Å². The van der Waals surface area contributed by atoms with Crippen molar-refractivity contribution in [1.29, 1.82) is 5.26 Å².